The minimum absolute atomic E-state index is 0.0170. The number of anilines is 4. The summed E-state index contributed by atoms with van der Waals surface area (Å²) in [6.07, 6.45) is 1.48. The monoisotopic (exact) mass is 396 g/mol. The van der Waals surface area contributed by atoms with Gasteiger partial charge in [-0.1, -0.05) is 30.3 Å². The SMILES string of the molecule is CC(=O)c1cccc(Nc2cc(Nc3ccc(Oc4ccccc4)cc3)ncn2)c1. The maximum atomic E-state index is 11.6. The number of carbonyl (C=O) groups is 1. The van der Waals surface area contributed by atoms with E-state index in [9.17, 15) is 4.79 Å². The molecule has 1 aromatic heterocycles. The molecule has 0 aliphatic carbocycles. The molecule has 0 aliphatic heterocycles. The van der Waals surface area contributed by atoms with Crippen molar-refractivity contribution in [1.82, 2.24) is 9.97 Å². The van der Waals surface area contributed by atoms with Crippen LogP contribution in [0.15, 0.2) is 91.3 Å². The van der Waals surface area contributed by atoms with E-state index in [4.69, 9.17) is 4.74 Å². The van der Waals surface area contributed by atoms with Gasteiger partial charge < -0.3 is 15.4 Å². The Bertz CT molecular complexity index is 1150. The molecule has 30 heavy (non-hydrogen) atoms. The molecule has 0 unspecified atom stereocenters. The third kappa shape index (κ3) is 4.99. The molecule has 0 radical (unpaired) electrons. The van der Waals surface area contributed by atoms with Crippen LogP contribution >= 0.6 is 0 Å². The Morgan fingerprint density at radius 1 is 0.733 bits per heavy atom. The fourth-order valence-corrected chi connectivity index (χ4v) is 2.84. The highest BCUT2D eigenvalue weighted by Gasteiger charge is 2.04. The first-order valence-corrected chi connectivity index (χ1v) is 9.46. The van der Waals surface area contributed by atoms with E-state index in [0.29, 0.717) is 17.2 Å². The van der Waals surface area contributed by atoms with E-state index < -0.39 is 0 Å². The molecule has 3 aromatic carbocycles. The molecule has 4 rings (SSSR count). The molecule has 0 spiro atoms. The Hall–Kier alpha value is -4.19. The molecular weight excluding hydrogens is 376 g/mol. The summed E-state index contributed by atoms with van der Waals surface area (Å²) >= 11 is 0. The van der Waals surface area contributed by atoms with Crippen LogP contribution in [0, 0.1) is 0 Å². The number of hydrogen-bond donors (Lipinski definition) is 2. The number of ether oxygens (including phenoxy) is 1. The van der Waals surface area contributed by atoms with E-state index in [-0.39, 0.29) is 5.78 Å². The van der Waals surface area contributed by atoms with E-state index >= 15 is 0 Å². The van der Waals surface area contributed by atoms with Crippen molar-refractivity contribution in [2.45, 2.75) is 6.92 Å². The fraction of sp³-hybridized carbons (Fsp3) is 0.0417. The number of para-hydroxylation sites is 1. The van der Waals surface area contributed by atoms with Crippen LogP contribution in [0.1, 0.15) is 17.3 Å². The van der Waals surface area contributed by atoms with Gasteiger partial charge in [0.2, 0.25) is 0 Å². The molecule has 0 fully saturated rings. The van der Waals surface area contributed by atoms with Gasteiger partial charge in [-0.15, -0.1) is 0 Å². The van der Waals surface area contributed by atoms with E-state index in [0.717, 1.165) is 22.9 Å². The zero-order chi connectivity index (χ0) is 20.8. The van der Waals surface area contributed by atoms with Gasteiger partial charge in [-0.2, -0.15) is 0 Å². The number of Topliss-reactive ketones (excluding diaryl/α,β-unsaturated/α-hetero) is 1. The first-order valence-electron chi connectivity index (χ1n) is 9.46. The Balaban J connectivity index is 1.43. The maximum Gasteiger partial charge on any atom is 0.159 e. The molecule has 0 bridgehead atoms. The van der Waals surface area contributed by atoms with Crippen molar-refractivity contribution in [3.05, 3.63) is 96.8 Å². The normalized spacial score (nSPS) is 10.3. The Kier molecular flexibility index (Phi) is 5.66. The number of carbonyl (C=O) groups excluding carboxylic acids is 1. The fourth-order valence-electron chi connectivity index (χ4n) is 2.84. The van der Waals surface area contributed by atoms with Crippen molar-refractivity contribution >= 4 is 28.8 Å². The van der Waals surface area contributed by atoms with Gasteiger partial charge in [0.1, 0.15) is 29.5 Å². The minimum atomic E-state index is 0.0170. The first kappa shape index (κ1) is 19.1. The molecule has 6 heteroatoms. The van der Waals surface area contributed by atoms with E-state index in [2.05, 4.69) is 20.6 Å². The summed E-state index contributed by atoms with van der Waals surface area (Å²) in [5.74, 6) is 2.83. The summed E-state index contributed by atoms with van der Waals surface area (Å²) < 4.78 is 5.81. The summed E-state index contributed by atoms with van der Waals surface area (Å²) in [4.78, 5) is 20.1. The molecule has 6 nitrogen and oxygen atoms in total. The van der Waals surface area contributed by atoms with E-state index in [1.807, 2.05) is 66.7 Å². The molecule has 2 N–H and O–H groups in total. The average Bonchev–Trinajstić information content (AvgIpc) is 2.76. The van der Waals surface area contributed by atoms with Crippen LogP contribution < -0.4 is 15.4 Å². The lowest BCUT2D eigenvalue weighted by atomic mass is 10.1. The highest BCUT2D eigenvalue weighted by Crippen LogP contribution is 2.25. The van der Waals surface area contributed by atoms with Crippen LogP contribution in [-0.4, -0.2) is 15.8 Å². The van der Waals surface area contributed by atoms with Crippen LogP contribution in [0.5, 0.6) is 11.5 Å². The predicted molar refractivity (Wildman–Crippen MR) is 118 cm³/mol. The lowest BCUT2D eigenvalue weighted by molar-refractivity contribution is 0.101. The second kappa shape index (κ2) is 8.87. The van der Waals surface area contributed by atoms with Gasteiger partial charge in [0, 0.05) is 23.0 Å². The summed E-state index contributed by atoms with van der Waals surface area (Å²) in [5, 5.41) is 6.45. The Morgan fingerprint density at radius 2 is 1.40 bits per heavy atom. The molecule has 0 atom stereocenters. The standard InChI is InChI=1S/C24H20N4O2/c1-17(29)18-6-5-7-20(14-18)28-24-15-23(25-16-26-24)27-19-10-12-22(13-11-19)30-21-8-3-2-4-9-21/h2-16H,1H3,(H2,25,26,27,28). The van der Waals surface area contributed by atoms with Gasteiger partial charge in [-0.25, -0.2) is 9.97 Å². The number of ketones is 1. The highest BCUT2D eigenvalue weighted by atomic mass is 16.5. The number of nitrogens with one attached hydrogen (secondary N) is 2. The van der Waals surface area contributed by atoms with Gasteiger partial charge in [-0.3, -0.25) is 4.79 Å². The molecule has 1 heterocycles. The van der Waals surface area contributed by atoms with Crippen molar-refractivity contribution in [1.29, 1.82) is 0 Å². The minimum Gasteiger partial charge on any atom is -0.457 e. The Labute approximate surface area is 174 Å². The number of benzene rings is 3. The van der Waals surface area contributed by atoms with Gasteiger partial charge in [0.15, 0.2) is 5.78 Å². The van der Waals surface area contributed by atoms with E-state index in [1.165, 1.54) is 6.33 Å². The molecule has 0 saturated heterocycles. The molecule has 148 valence electrons. The van der Waals surface area contributed by atoms with Crippen molar-refractivity contribution in [3.8, 4) is 11.5 Å². The van der Waals surface area contributed by atoms with Crippen LogP contribution in [0.25, 0.3) is 0 Å². The summed E-state index contributed by atoms with van der Waals surface area (Å²) in [5.41, 5.74) is 2.30. The number of hydrogen-bond acceptors (Lipinski definition) is 6. The molecule has 4 aromatic rings. The van der Waals surface area contributed by atoms with Crippen molar-refractivity contribution in [3.63, 3.8) is 0 Å². The summed E-state index contributed by atoms with van der Waals surface area (Å²) in [6.45, 7) is 1.54. The third-order valence-corrected chi connectivity index (χ3v) is 4.31. The second-order valence-corrected chi connectivity index (χ2v) is 6.61. The molecule has 0 saturated carbocycles. The third-order valence-electron chi connectivity index (χ3n) is 4.31. The zero-order valence-electron chi connectivity index (χ0n) is 16.4. The number of rotatable bonds is 7. The maximum absolute atomic E-state index is 11.6. The summed E-state index contributed by atoms with van der Waals surface area (Å²) in [7, 11) is 0. The topological polar surface area (TPSA) is 76.1 Å². The van der Waals surface area contributed by atoms with Crippen LogP contribution in [-0.2, 0) is 0 Å². The van der Waals surface area contributed by atoms with Crippen LogP contribution in [0.4, 0.5) is 23.0 Å². The average molecular weight is 396 g/mol. The largest absolute Gasteiger partial charge is 0.457 e. The lowest BCUT2D eigenvalue weighted by Crippen LogP contribution is -1.99. The number of aromatic nitrogens is 2. The van der Waals surface area contributed by atoms with Gasteiger partial charge in [-0.05, 0) is 55.5 Å². The smallest absolute Gasteiger partial charge is 0.159 e. The first-order chi connectivity index (χ1) is 14.7. The second-order valence-electron chi connectivity index (χ2n) is 6.61. The Morgan fingerprint density at radius 3 is 2.10 bits per heavy atom. The number of nitrogens with zero attached hydrogens (tertiary/aromatic N) is 2. The lowest BCUT2D eigenvalue weighted by Gasteiger charge is -2.10. The van der Waals surface area contributed by atoms with E-state index in [1.54, 1.807) is 25.1 Å². The quantitative estimate of drug-likeness (QED) is 0.376. The van der Waals surface area contributed by atoms with Crippen molar-refractivity contribution in [2.75, 3.05) is 10.6 Å². The molecular formula is C24H20N4O2. The zero-order valence-corrected chi connectivity index (χ0v) is 16.4. The van der Waals surface area contributed by atoms with Crippen molar-refractivity contribution < 1.29 is 9.53 Å². The highest BCUT2D eigenvalue weighted by molar-refractivity contribution is 5.95. The van der Waals surface area contributed by atoms with Crippen molar-refractivity contribution in [2.24, 2.45) is 0 Å². The van der Waals surface area contributed by atoms with Gasteiger partial charge >= 0.3 is 0 Å². The van der Waals surface area contributed by atoms with Crippen LogP contribution in [0.3, 0.4) is 0 Å². The van der Waals surface area contributed by atoms with Gasteiger partial charge in [0.25, 0.3) is 0 Å². The van der Waals surface area contributed by atoms with Gasteiger partial charge in [0.05, 0.1) is 0 Å². The predicted octanol–water partition coefficient (Wildman–Crippen LogP) is 5.96. The summed E-state index contributed by atoms with van der Waals surface area (Å²) in [6, 6.07) is 26.4. The van der Waals surface area contributed by atoms with Crippen LogP contribution in [0.2, 0.25) is 0 Å². The molecule has 0 aliphatic rings. The molecule has 0 amide bonds.